The predicted molar refractivity (Wildman–Crippen MR) is 92.2 cm³/mol. The van der Waals surface area contributed by atoms with Gasteiger partial charge in [0.1, 0.15) is 18.5 Å². The zero-order valence-electron chi connectivity index (χ0n) is 15.2. The van der Waals surface area contributed by atoms with Gasteiger partial charge in [-0.15, -0.1) is 0 Å². The van der Waals surface area contributed by atoms with Gasteiger partial charge in [-0.25, -0.2) is 0 Å². The van der Waals surface area contributed by atoms with E-state index >= 15 is 0 Å². The quantitative estimate of drug-likeness (QED) is 0.547. The van der Waals surface area contributed by atoms with E-state index in [4.69, 9.17) is 9.47 Å². The lowest BCUT2D eigenvalue weighted by atomic mass is 10.2. The van der Waals surface area contributed by atoms with Crippen molar-refractivity contribution in [3.8, 4) is 5.75 Å². The van der Waals surface area contributed by atoms with Gasteiger partial charge in [-0.3, -0.25) is 0 Å². The summed E-state index contributed by atoms with van der Waals surface area (Å²) in [6.07, 6.45) is -4.26. The van der Waals surface area contributed by atoms with Gasteiger partial charge >= 0.3 is 6.18 Å². The Morgan fingerprint density at radius 3 is 2.31 bits per heavy atom. The molecule has 0 aromatic heterocycles. The van der Waals surface area contributed by atoms with Gasteiger partial charge < -0.3 is 24.6 Å². The molecule has 0 heterocycles. The van der Waals surface area contributed by atoms with E-state index in [0.717, 1.165) is 18.9 Å². The molecule has 26 heavy (non-hydrogen) atoms. The van der Waals surface area contributed by atoms with Crippen molar-refractivity contribution in [3.63, 3.8) is 0 Å². The third-order valence-electron chi connectivity index (χ3n) is 3.62. The summed E-state index contributed by atoms with van der Waals surface area (Å²) in [5.41, 5.74) is -0.875. The Bertz CT molecular complexity index is 513. The van der Waals surface area contributed by atoms with Crippen molar-refractivity contribution in [2.24, 2.45) is 0 Å². The molecule has 0 fully saturated rings. The van der Waals surface area contributed by atoms with Crippen LogP contribution in [0.25, 0.3) is 0 Å². The first-order valence-corrected chi connectivity index (χ1v) is 8.65. The van der Waals surface area contributed by atoms with E-state index in [0.29, 0.717) is 6.61 Å². The fourth-order valence-electron chi connectivity index (χ4n) is 2.38. The number of aliphatic hydroxyl groups is 2. The van der Waals surface area contributed by atoms with Gasteiger partial charge in [0.25, 0.3) is 0 Å². The lowest BCUT2D eigenvalue weighted by Crippen LogP contribution is -2.39. The second kappa shape index (κ2) is 11.4. The van der Waals surface area contributed by atoms with Crippen LogP contribution in [-0.2, 0) is 10.9 Å². The van der Waals surface area contributed by atoms with E-state index in [9.17, 15) is 23.4 Å². The number of ether oxygens (including phenoxy) is 2. The molecule has 0 spiro atoms. The van der Waals surface area contributed by atoms with Gasteiger partial charge in [0.2, 0.25) is 0 Å². The molecule has 0 radical (unpaired) electrons. The van der Waals surface area contributed by atoms with E-state index in [2.05, 4.69) is 0 Å². The monoisotopic (exact) mass is 379 g/mol. The average Bonchev–Trinajstić information content (AvgIpc) is 2.56. The molecule has 0 amide bonds. The number of alkyl halides is 3. The number of likely N-dealkylation sites (N-methyl/N-ethyl adjacent to an activating group) is 1. The van der Waals surface area contributed by atoms with Crippen molar-refractivity contribution in [2.75, 3.05) is 40.0 Å². The standard InChI is InChI=1S/C18H28F3NO4/c1-3-4-9-25-12-14(23)10-22(2)11-15(24)13-26-17-8-6-5-7-16(17)18(19,20)21/h5-8,14-15,23-24H,3-4,9-13H2,1-2H3. The molecule has 1 aromatic rings. The zero-order valence-corrected chi connectivity index (χ0v) is 15.2. The van der Waals surface area contributed by atoms with Gasteiger partial charge in [-0.05, 0) is 25.6 Å². The molecule has 2 unspecified atom stereocenters. The average molecular weight is 379 g/mol. The van der Waals surface area contributed by atoms with Crippen LogP contribution in [0.2, 0.25) is 0 Å². The minimum Gasteiger partial charge on any atom is -0.490 e. The number of rotatable bonds is 12. The van der Waals surface area contributed by atoms with Crippen molar-refractivity contribution >= 4 is 0 Å². The number of benzene rings is 1. The highest BCUT2D eigenvalue weighted by Crippen LogP contribution is 2.35. The highest BCUT2D eigenvalue weighted by Gasteiger charge is 2.34. The number of halogens is 3. The number of hydrogen-bond donors (Lipinski definition) is 2. The Hall–Kier alpha value is -1.35. The summed E-state index contributed by atoms with van der Waals surface area (Å²) in [7, 11) is 1.70. The first-order chi connectivity index (χ1) is 12.2. The molecule has 0 saturated carbocycles. The maximum Gasteiger partial charge on any atom is 0.419 e. The summed E-state index contributed by atoms with van der Waals surface area (Å²) < 4.78 is 49.1. The molecule has 0 aliphatic rings. The number of hydrogen-bond acceptors (Lipinski definition) is 5. The van der Waals surface area contributed by atoms with Gasteiger partial charge in [-0.2, -0.15) is 13.2 Å². The molecule has 1 rings (SSSR count). The molecule has 0 saturated heterocycles. The highest BCUT2D eigenvalue weighted by atomic mass is 19.4. The predicted octanol–water partition coefficient (Wildman–Crippen LogP) is 2.55. The molecule has 8 heteroatoms. The third-order valence-corrected chi connectivity index (χ3v) is 3.62. The molecule has 0 aliphatic carbocycles. The first kappa shape index (κ1) is 22.7. The van der Waals surface area contributed by atoms with Crippen molar-refractivity contribution in [3.05, 3.63) is 29.8 Å². The van der Waals surface area contributed by atoms with Crippen molar-refractivity contribution in [1.82, 2.24) is 4.90 Å². The van der Waals surface area contributed by atoms with E-state index in [1.165, 1.54) is 18.2 Å². The van der Waals surface area contributed by atoms with Crippen LogP contribution < -0.4 is 4.74 Å². The molecule has 2 N–H and O–H groups in total. The van der Waals surface area contributed by atoms with E-state index in [1.54, 1.807) is 11.9 Å². The van der Waals surface area contributed by atoms with Crippen LogP contribution in [0, 0.1) is 0 Å². The highest BCUT2D eigenvalue weighted by molar-refractivity contribution is 5.35. The van der Waals surface area contributed by atoms with E-state index in [1.807, 2.05) is 6.92 Å². The smallest absolute Gasteiger partial charge is 0.419 e. The zero-order chi connectivity index (χ0) is 19.6. The second-order valence-electron chi connectivity index (χ2n) is 6.26. The molecule has 5 nitrogen and oxygen atoms in total. The number of nitrogens with zero attached hydrogens (tertiary/aromatic N) is 1. The summed E-state index contributed by atoms with van der Waals surface area (Å²) >= 11 is 0. The van der Waals surface area contributed by atoms with Crippen molar-refractivity contribution < 1.29 is 32.9 Å². The summed E-state index contributed by atoms with van der Waals surface area (Å²) in [6.45, 7) is 3.00. The van der Waals surface area contributed by atoms with Crippen LogP contribution in [0.3, 0.4) is 0 Å². The topological polar surface area (TPSA) is 62.2 Å². The summed E-state index contributed by atoms with van der Waals surface area (Å²) in [5.74, 6) is -0.314. The maximum absolute atomic E-state index is 12.9. The molecule has 1 aromatic carbocycles. The second-order valence-corrected chi connectivity index (χ2v) is 6.26. The fraction of sp³-hybridized carbons (Fsp3) is 0.667. The Morgan fingerprint density at radius 2 is 1.69 bits per heavy atom. The Kier molecular flexibility index (Phi) is 9.93. The molecule has 150 valence electrons. The largest absolute Gasteiger partial charge is 0.490 e. The van der Waals surface area contributed by atoms with Crippen LogP contribution in [0.4, 0.5) is 13.2 Å². The van der Waals surface area contributed by atoms with Crippen LogP contribution in [-0.4, -0.2) is 67.3 Å². The van der Waals surface area contributed by atoms with Crippen molar-refractivity contribution in [1.29, 1.82) is 0 Å². The maximum atomic E-state index is 12.9. The minimum absolute atomic E-state index is 0.153. The number of para-hydroxylation sites is 1. The fourth-order valence-corrected chi connectivity index (χ4v) is 2.38. The van der Waals surface area contributed by atoms with Crippen LogP contribution in [0.1, 0.15) is 25.3 Å². The van der Waals surface area contributed by atoms with Crippen LogP contribution in [0.5, 0.6) is 5.75 Å². The minimum atomic E-state index is -4.51. The summed E-state index contributed by atoms with van der Waals surface area (Å²) in [6, 6.07) is 4.88. The van der Waals surface area contributed by atoms with E-state index < -0.39 is 23.9 Å². The molecule has 2 atom stereocenters. The third kappa shape index (κ3) is 8.84. The number of aliphatic hydroxyl groups excluding tert-OH is 2. The van der Waals surface area contributed by atoms with Crippen LogP contribution in [0.15, 0.2) is 24.3 Å². The molecular weight excluding hydrogens is 351 g/mol. The van der Waals surface area contributed by atoms with Gasteiger partial charge in [0.15, 0.2) is 0 Å². The first-order valence-electron chi connectivity index (χ1n) is 8.65. The number of unbranched alkanes of at least 4 members (excludes halogenated alkanes) is 1. The van der Waals surface area contributed by atoms with Gasteiger partial charge in [0.05, 0.1) is 18.3 Å². The normalized spacial score (nSPS) is 14.5. The lowest BCUT2D eigenvalue weighted by Gasteiger charge is -2.23. The van der Waals surface area contributed by atoms with Gasteiger partial charge in [0, 0.05) is 19.7 Å². The molecular formula is C18H28F3NO4. The summed E-state index contributed by atoms with van der Waals surface area (Å²) in [5, 5.41) is 19.8. The van der Waals surface area contributed by atoms with Gasteiger partial charge in [-0.1, -0.05) is 25.5 Å². The molecule has 0 aliphatic heterocycles. The Balaban J connectivity index is 2.37. The van der Waals surface area contributed by atoms with Crippen LogP contribution >= 0.6 is 0 Å². The Morgan fingerprint density at radius 1 is 1.08 bits per heavy atom. The van der Waals surface area contributed by atoms with Crippen molar-refractivity contribution in [2.45, 2.75) is 38.1 Å². The summed E-state index contributed by atoms with van der Waals surface area (Å²) in [4.78, 5) is 1.68. The Labute approximate surface area is 152 Å². The SMILES string of the molecule is CCCCOCC(O)CN(C)CC(O)COc1ccccc1C(F)(F)F. The molecule has 0 bridgehead atoms. The lowest BCUT2D eigenvalue weighted by molar-refractivity contribution is -0.139. The van der Waals surface area contributed by atoms with E-state index in [-0.39, 0.29) is 32.1 Å².